The standard InChI is InChI=1S/C14H25ClN2S/c1-10(2)6-13(8-17(4)5)16-11(3)12-7-14(15)18-9-12/h7,9-11,13,16H,6,8H2,1-5H3. The van der Waals surface area contributed by atoms with Crippen LogP contribution in [0.5, 0.6) is 0 Å². The van der Waals surface area contributed by atoms with E-state index in [0.717, 1.165) is 10.9 Å². The van der Waals surface area contributed by atoms with Crippen molar-refractivity contribution in [1.82, 2.24) is 10.2 Å². The molecule has 1 aromatic heterocycles. The van der Waals surface area contributed by atoms with Gasteiger partial charge in [-0.2, -0.15) is 0 Å². The van der Waals surface area contributed by atoms with Crippen molar-refractivity contribution in [2.24, 2.45) is 5.92 Å². The predicted molar refractivity (Wildman–Crippen MR) is 82.7 cm³/mol. The molecule has 0 saturated carbocycles. The summed E-state index contributed by atoms with van der Waals surface area (Å²) in [6, 6.07) is 2.94. The number of nitrogens with zero attached hydrogens (tertiary/aromatic N) is 1. The van der Waals surface area contributed by atoms with E-state index in [9.17, 15) is 0 Å². The Bertz CT molecular complexity index is 339. The van der Waals surface area contributed by atoms with Crippen molar-refractivity contribution in [1.29, 1.82) is 0 Å². The fourth-order valence-electron chi connectivity index (χ4n) is 2.21. The van der Waals surface area contributed by atoms with Gasteiger partial charge in [-0.25, -0.2) is 0 Å². The van der Waals surface area contributed by atoms with Gasteiger partial charge in [0, 0.05) is 18.6 Å². The molecule has 0 aliphatic rings. The maximum Gasteiger partial charge on any atom is 0.0931 e. The fourth-order valence-corrected chi connectivity index (χ4v) is 3.19. The molecular weight excluding hydrogens is 264 g/mol. The molecule has 1 aromatic rings. The normalized spacial score (nSPS) is 15.3. The molecule has 0 spiro atoms. The van der Waals surface area contributed by atoms with Gasteiger partial charge in [-0.1, -0.05) is 25.4 Å². The molecule has 0 fully saturated rings. The summed E-state index contributed by atoms with van der Waals surface area (Å²) in [7, 11) is 4.25. The van der Waals surface area contributed by atoms with Crippen molar-refractivity contribution < 1.29 is 0 Å². The van der Waals surface area contributed by atoms with E-state index in [1.54, 1.807) is 11.3 Å². The van der Waals surface area contributed by atoms with Gasteiger partial charge in [0.15, 0.2) is 0 Å². The zero-order valence-electron chi connectivity index (χ0n) is 12.0. The molecule has 0 radical (unpaired) electrons. The predicted octanol–water partition coefficient (Wildman–Crippen LogP) is 4.03. The summed E-state index contributed by atoms with van der Waals surface area (Å²) >= 11 is 7.59. The molecule has 4 heteroatoms. The van der Waals surface area contributed by atoms with Crippen LogP contribution in [0.3, 0.4) is 0 Å². The molecule has 104 valence electrons. The molecule has 0 aliphatic heterocycles. The van der Waals surface area contributed by atoms with Crippen LogP contribution in [0.1, 0.15) is 38.8 Å². The third-order valence-corrected chi connectivity index (χ3v) is 4.02. The second kappa shape index (κ2) is 7.49. The highest BCUT2D eigenvalue weighted by molar-refractivity contribution is 7.14. The van der Waals surface area contributed by atoms with Crippen LogP contribution in [0.25, 0.3) is 0 Å². The van der Waals surface area contributed by atoms with Gasteiger partial charge in [0.2, 0.25) is 0 Å². The van der Waals surface area contributed by atoms with Crippen LogP contribution in [0.2, 0.25) is 4.34 Å². The highest BCUT2D eigenvalue weighted by Crippen LogP contribution is 2.25. The van der Waals surface area contributed by atoms with Gasteiger partial charge in [0.1, 0.15) is 0 Å². The number of thiophene rings is 1. The molecular formula is C14H25ClN2S. The molecule has 0 amide bonds. The maximum absolute atomic E-state index is 5.99. The molecule has 0 aliphatic carbocycles. The molecule has 0 saturated heterocycles. The molecule has 1 N–H and O–H groups in total. The number of nitrogens with one attached hydrogen (secondary N) is 1. The lowest BCUT2D eigenvalue weighted by Crippen LogP contribution is -2.40. The lowest BCUT2D eigenvalue weighted by atomic mass is 10.0. The second-order valence-electron chi connectivity index (χ2n) is 5.66. The number of halogens is 1. The van der Waals surface area contributed by atoms with E-state index < -0.39 is 0 Å². The summed E-state index contributed by atoms with van der Waals surface area (Å²) in [6.07, 6.45) is 1.19. The van der Waals surface area contributed by atoms with E-state index in [-0.39, 0.29) is 0 Å². The number of likely N-dealkylation sites (N-methyl/N-ethyl adjacent to an activating group) is 1. The molecule has 1 heterocycles. The summed E-state index contributed by atoms with van der Waals surface area (Å²) in [5, 5.41) is 5.86. The first-order chi connectivity index (χ1) is 8.38. The Kier molecular flexibility index (Phi) is 6.64. The molecule has 2 unspecified atom stereocenters. The van der Waals surface area contributed by atoms with E-state index >= 15 is 0 Å². The minimum atomic E-state index is 0.359. The molecule has 18 heavy (non-hydrogen) atoms. The first kappa shape index (κ1) is 16.0. The van der Waals surface area contributed by atoms with Crippen LogP contribution < -0.4 is 5.32 Å². The first-order valence-corrected chi connectivity index (χ1v) is 7.79. The smallest absolute Gasteiger partial charge is 0.0931 e. The van der Waals surface area contributed by atoms with E-state index in [2.05, 4.69) is 56.5 Å². The first-order valence-electron chi connectivity index (χ1n) is 6.53. The monoisotopic (exact) mass is 288 g/mol. The van der Waals surface area contributed by atoms with Gasteiger partial charge < -0.3 is 10.2 Å². The number of hydrogen-bond donors (Lipinski definition) is 1. The third kappa shape index (κ3) is 5.70. The van der Waals surface area contributed by atoms with Crippen molar-refractivity contribution in [3.63, 3.8) is 0 Å². The minimum absolute atomic E-state index is 0.359. The molecule has 0 bridgehead atoms. The molecule has 0 aromatic carbocycles. The Balaban J connectivity index is 2.58. The van der Waals surface area contributed by atoms with Gasteiger partial charge in [0.05, 0.1) is 4.34 Å². The third-order valence-electron chi connectivity index (χ3n) is 2.91. The van der Waals surface area contributed by atoms with E-state index in [0.29, 0.717) is 18.0 Å². The lowest BCUT2D eigenvalue weighted by Gasteiger charge is -2.27. The van der Waals surface area contributed by atoms with Crippen LogP contribution in [-0.4, -0.2) is 31.6 Å². The van der Waals surface area contributed by atoms with Crippen molar-refractivity contribution in [3.05, 3.63) is 21.3 Å². The highest BCUT2D eigenvalue weighted by Gasteiger charge is 2.16. The summed E-state index contributed by atoms with van der Waals surface area (Å²) in [4.78, 5) is 2.24. The van der Waals surface area contributed by atoms with E-state index in [1.165, 1.54) is 12.0 Å². The summed E-state index contributed by atoms with van der Waals surface area (Å²) in [6.45, 7) is 7.83. The van der Waals surface area contributed by atoms with Gasteiger partial charge in [-0.05, 0) is 50.4 Å². The Morgan fingerprint density at radius 2 is 2.00 bits per heavy atom. The Hall–Kier alpha value is -0.0900. The van der Waals surface area contributed by atoms with Crippen LogP contribution >= 0.6 is 22.9 Å². The zero-order chi connectivity index (χ0) is 13.7. The van der Waals surface area contributed by atoms with Crippen LogP contribution in [0.15, 0.2) is 11.4 Å². The van der Waals surface area contributed by atoms with Crippen molar-refractivity contribution >= 4 is 22.9 Å². The van der Waals surface area contributed by atoms with Crippen molar-refractivity contribution in [2.75, 3.05) is 20.6 Å². The second-order valence-corrected chi connectivity index (χ2v) is 7.20. The number of hydrogen-bond acceptors (Lipinski definition) is 3. The number of rotatable bonds is 7. The maximum atomic E-state index is 5.99. The lowest BCUT2D eigenvalue weighted by molar-refractivity contribution is 0.291. The van der Waals surface area contributed by atoms with E-state index in [4.69, 9.17) is 11.6 Å². The van der Waals surface area contributed by atoms with Crippen LogP contribution in [0.4, 0.5) is 0 Å². The summed E-state index contributed by atoms with van der Waals surface area (Å²) in [5.74, 6) is 0.709. The zero-order valence-corrected chi connectivity index (χ0v) is 13.6. The largest absolute Gasteiger partial charge is 0.308 e. The van der Waals surface area contributed by atoms with Gasteiger partial charge in [0.25, 0.3) is 0 Å². The van der Waals surface area contributed by atoms with Gasteiger partial charge in [-0.3, -0.25) is 0 Å². The Labute approximate surface area is 120 Å². The van der Waals surface area contributed by atoms with Crippen molar-refractivity contribution in [2.45, 2.75) is 39.3 Å². The van der Waals surface area contributed by atoms with Gasteiger partial charge >= 0.3 is 0 Å². The topological polar surface area (TPSA) is 15.3 Å². The van der Waals surface area contributed by atoms with Crippen molar-refractivity contribution in [3.8, 4) is 0 Å². The van der Waals surface area contributed by atoms with Crippen LogP contribution in [0, 0.1) is 5.92 Å². The average molecular weight is 289 g/mol. The summed E-state index contributed by atoms with van der Waals surface area (Å²) in [5.41, 5.74) is 1.29. The molecule has 1 rings (SSSR count). The summed E-state index contributed by atoms with van der Waals surface area (Å²) < 4.78 is 0.867. The minimum Gasteiger partial charge on any atom is -0.308 e. The Morgan fingerprint density at radius 3 is 2.44 bits per heavy atom. The van der Waals surface area contributed by atoms with Gasteiger partial charge in [-0.15, -0.1) is 11.3 Å². The van der Waals surface area contributed by atoms with E-state index in [1.807, 2.05) is 0 Å². The SMILES string of the molecule is CC(C)CC(CN(C)C)NC(C)c1csc(Cl)c1. The Morgan fingerprint density at radius 1 is 1.33 bits per heavy atom. The van der Waals surface area contributed by atoms with Crippen LogP contribution in [-0.2, 0) is 0 Å². The quantitative estimate of drug-likeness (QED) is 0.815. The highest BCUT2D eigenvalue weighted by atomic mass is 35.5. The molecule has 2 nitrogen and oxygen atoms in total. The average Bonchev–Trinajstić information content (AvgIpc) is 2.62. The molecule has 2 atom stereocenters. The fraction of sp³-hybridized carbons (Fsp3) is 0.714.